The predicted octanol–water partition coefficient (Wildman–Crippen LogP) is 3.31. The van der Waals surface area contributed by atoms with Crippen LogP contribution in [0.15, 0.2) is 35.9 Å². The Hall–Kier alpha value is -1.77. The standard InChI is InChI=1S/C13H17NO2/c1-10(2)8-9-11-6-4-5-7-12(11)14(3)13(15)16/h4-8H,9H2,1-3H3,(H,15,16). The Morgan fingerprint density at radius 2 is 2.00 bits per heavy atom. The van der Waals surface area contributed by atoms with Crippen LogP contribution in [0.5, 0.6) is 0 Å². The lowest BCUT2D eigenvalue weighted by atomic mass is 10.1. The summed E-state index contributed by atoms with van der Waals surface area (Å²) in [6.07, 6.45) is 1.91. The summed E-state index contributed by atoms with van der Waals surface area (Å²) >= 11 is 0. The van der Waals surface area contributed by atoms with Crippen molar-refractivity contribution in [3.63, 3.8) is 0 Å². The molecule has 0 aliphatic rings. The van der Waals surface area contributed by atoms with E-state index in [0.717, 1.165) is 17.7 Å². The zero-order valence-electron chi connectivity index (χ0n) is 9.90. The molecule has 0 atom stereocenters. The maximum Gasteiger partial charge on any atom is 0.411 e. The van der Waals surface area contributed by atoms with Gasteiger partial charge in [-0.3, -0.25) is 4.90 Å². The molecule has 3 nitrogen and oxygen atoms in total. The number of benzene rings is 1. The molecule has 86 valence electrons. The summed E-state index contributed by atoms with van der Waals surface area (Å²) in [6.45, 7) is 4.06. The van der Waals surface area contributed by atoms with E-state index in [1.54, 1.807) is 7.05 Å². The van der Waals surface area contributed by atoms with Gasteiger partial charge in [0.15, 0.2) is 0 Å². The van der Waals surface area contributed by atoms with Crippen molar-refractivity contribution in [2.75, 3.05) is 11.9 Å². The van der Waals surface area contributed by atoms with Gasteiger partial charge in [-0.05, 0) is 31.9 Å². The predicted molar refractivity (Wildman–Crippen MR) is 66.0 cm³/mol. The maximum atomic E-state index is 10.9. The first-order chi connectivity index (χ1) is 7.52. The number of allylic oxidation sites excluding steroid dienone is 2. The smallest absolute Gasteiger partial charge is 0.411 e. The van der Waals surface area contributed by atoms with Crippen LogP contribution in [0.25, 0.3) is 0 Å². The van der Waals surface area contributed by atoms with Gasteiger partial charge in [-0.25, -0.2) is 4.79 Å². The molecule has 1 amide bonds. The van der Waals surface area contributed by atoms with Crippen LogP contribution in [0.1, 0.15) is 19.4 Å². The number of carboxylic acid groups (broad SMARTS) is 1. The van der Waals surface area contributed by atoms with Gasteiger partial charge in [-0.15, -0.1) is 0 Å². The molecule has 3 heteroatoms. The highest BCUT2D eigenvalue weighted by Crippen LogP contribution is 2.20. The summed E-state index contributed by atoms with van der Waals surface area (Å²) in [5.41, 5.74) is 2.99. The molecule has 0 spiro atoms. The van der Waals surface area contributed by atoms with Crippen molar-refractivity contribution in [3.8, 4) is 0 Å². The largest absolute Gasteiger partial charge is 0.465 e. The minimum absolute atomic E-state index is 0.743. The van der Waals surface area contributed by atoms with Gasteiger partial charge in [0.25, 0.3) is 0 Å². The average Bonchev–Trinajstić information content (AvgIpc) is 2.25. The normalized spacial score (nSPS) is 9.69. The fourth-order valence-electron chi connectivity index (χ4n) is 1.43. The van der Waals surface area contributed by atoms with Gasteiger partial charge in [-0.2, -0.15) is 0 Å². The highest BCUT2D eigenvalue weighted by molar-refractivity contribution is 5.86. The van der Waals surface area contributed by atoms with Crippen LogP contribution in [0.4, 0.5) is 10.5 Å². The van der Waals surface area contributed by atoms with Gasteiger partial charge in [0.1, 0.15) is 0 Å². The summed E-state index contributed by atoms with van der Waals surface area (Å²) in [4.78, 5) is 12.1. The molecule has 0 bridgehead atoms. The van der Waals surface area contributed by atoms with Crippen molar-refractivity contribution >= 4 is 11.8 Å². The van der Waals surface area contributed by atoms with E-state index in [1.807, 2.05) is 38.1 Å². The topological polar surface area (TPSA) is 40.5 Å². The van der Waals surface area contributed by atoms with Gasteiger partial charge in [-0.1, -0.05) is 29.8 Å². The average molecular weight is 219 g/mol. The molecule has 1 N–H and O–H groups in total. The van der Waals surface area contributed by atoms with Crippen LogP contribution in [0.2, 0.25) is 0 Å². The fourth-order valence-corrected chi connectivity index (χ4v) is 1.43. The van der Waals surface area contributed by atoms with Crippen LogP contribution in [0, 0.1) is 0 Å². The third kappa shape index (κ3) is 3.12. The molecule has 0 saturated carbocycles. The Labute approximate surface area is 96.0 Å². The van der Waals surface area contributed by atoms with E-state index >= 15 is 0 Å². The molecule has 0 saturated heterocycles. The number of carbonyl (C=O) groups is 1. The number of hydrogen-bond acceptors (Lipinski definition) is 1. The van der Waals surface area contributed by atoms with E-state index in [9.17, 15) is 4.79 Å². The highest BCUT2D eigenvalue weighted by Gasteiger charge is 2.11. The van der Waals surface area contributed by atoms with E-state index in [-0.39, 0.29) is 0 Å². The molecular weight excluding hydrogens is 202 g/mol. The zero-order valence-corrected chi connectivity index (χ0v) is 9.90. The molecule has 1 rings (SSSR count). The molecule has 0 fully saturated rings. The number of nitrogens with zero attached hydrogens (tertiary/aromatic N) is 1. The number of anilines is 1. The third-order valence-electron chi connectivity index (χ3n) is 2.37. The van der Waals surface area contributed by atoms with Crippen molar-refractivity contribution in [1.29, 1.82) is 0 Å². The summed E-state index contributed by atoms with van der Waals surface area (Å²) in [6, 6.07) is 7.55. The minimum Gasteiger partial charge on any atom is -0.465 e. The first kappa shape index (κ1) is 12.3. The minimum atomic E-state index is -0.940. The Morgan fingerprint density at radius 1 is 1.38 bits per heavy atom. The lowest BCUT2D eigenvalue weighted by molar-refractivity contribution is 0.203. The van der Waals surface area contributed by atoms with Gasteiger partial charge in [0, 0.05) is 7.05 Å². The second kappa shape index (κ2) is 5.35. The SMILES string of the molecule is CC(C)=CCc1ccccc1N(C)C(=O)O. The van der Waals surface area contributed by atoms with E-state index in [0.29, 0.717) is 0 Å². The Balaban J connectivity index is 3.00. The second-order valence-corrected chi connectivity index (χ2v) is 3.96. The monoisotopic (exact) mass is 219 g/mol. The van der Waals surface area contributed by atoms with E-state index in [2.05, 4.69) is 6.08 Å². The summed E-state index contributed by atoms with van der Waals surface area (Å²) in [5.74, 6) is 0. The molecule has 1 aromatic carbocycles. The van der Waals surface area contributed by atoms with Crippen molar-refractivity contribution in [2.24, 2.45) is 0 Å². The third-order valence-corrected chi connectivity index (χ3v) is 2.37. The van der Waals surface area contributed by atoms with Crippen LogP contribution in [-0.4, -0.2) is 18.2 Å². The van der Waals surface area contributed by atoms with Gasteiger partial charge in [0.2, 0.25) is 0 Å². The molecule has 1 aromatic rings. The van der Waals surface area contributed by atoms with E-state index in [4.69, 9.17) is 5.11 Å². The molecule has 0 aliphatic heterocycles. The van der Waals surface area contributed by atoms with Crippen molar-refractivity contribution in [2.45, 2.75) is 20.3 Å². The molecular formula is C13H17NO2. The first-order valence-corrected chi connectivity index (χ1v) is 5.20. The summed E-state index contributed by atoms with van der Waals surface area (Å²) < 4.78 is 0. The number of para-hydroxylation sites is 1. The Kier molecular flexibility index (Phi) is 4.11. The van der Waals surface area contributed by atoms with E-state index in [1.165, 1.54) is 10.5 Å². The molecule has 16 heavy (non-hydrogen) atoms. The van der Waals surface area contributed by atoms with Crippen molar-refractivity contribution in [3.05, 3.63) is 41.5 Å². The van der Waals surface area contributed by atoms with Crippen LogP contribution in [-0.2, 0) is 6.42 Å². The summed E-state index contributed by atoms with van der Waals surface area (Å²) in [7, 11) is 1.56. The zero-order chi connectivity index (χ0) is 12.1. The van der Waals surface area contributed by atoms with Crippen LogP contribution < -0.4 is 4.90 Å². The Bertz CT molecular complexity index is 406. The highest BCUT2D eigenvalue weighted by atomic mass is 16.4. The van der Waals surface area contributed by atoms with E-state index < -0.39 is 6.09 Å². The number of amides is 1. The number of rotatable bonds is 3. The second-order valence-electron chi connectivity index (χ2n) is 3.96. The molecule has 0 aliphatic carbocycles. The quantitative estimate of drug-likeness (QED) is 0.792. The molecule has 0 radical (unpaired) electrons. The fraction of sp³-hybridized carbons (Fsp3) is 0.308. The van der Waals surface area contributed by atoms with Gasteiger partial charge in [0.05, 0.1) is 5.69 Å². The lowest BCUT2D eigenvalue weighted by Crippen LogP contribution is -2.24. The lowest BCUT2D eigenvalue weighted by Gasteiger charge is -2.16. The van der Waals surface area contributed by atoms with Gasteiger partial charge < -0.3 is 5.11 Å². The van der Waals surface area contributed by atoms with Crippen molar-refractivity contribution < 1.29 is 9.90 Å². The summed E-state index contributed by atoms with van der Waals surface area (Å²) in [5, 5.41) is 8.95. The molecule has 0 heterocycles. The van der Waals surface area contributed by atoms with Crippen LogP contribution >= 0.6 is 0 Å². The van der Waals surface area contributed by atoms with Gasteiger partial charge >= 0.3 is 6.09 Å². The first-order valence-electron chi connectivity index (χ1n) is 5.20. The number of hydrogen-bond donors (Lipinski definition) is 1. The molecule has 0 unspecified atom stereocenters. The van der Waals surface area contributed by atoms with Crippen LogP contribution in [0.3, 0.4) is 0 Å². The maximum absolute atomic E-state index is 10.9. The Morgan fingerprint density at radius 3 is 2.56 bits per heavy atom. The van der Waals surface area contributed by atoms with Crippen molar-refractivity contribution in [1.82, 2.24) is 0 Å². The molecule has 0 aromatic heterocycles.